The Bertz CT molecular complexity index is 1560. The zero-order valence-electron chi connectivity index (χ0n) is 22.9. The first kappa shape index (κ1) is 28.9. The number of carbonyl (C=O) groups excluding carboxylic acids is 3. The van der Waals surface area contributed by atoms with Crippen molar-refractivity contribution in [3.05, 3.63) is 76.3 Å². The van der Waals surface area contributed by atoms with Crippen LogP contribution in [0.1, 0.15) is 44.4 Å². The van der Waals surface area contributed by atoms with Crippen LogP contribution >= 0.6 is 0 Å². The molecule has 4 rings (SSSR count). The molecule has 0 spiro atoms. The molecule has 2 N–H and O–H groups in total. The molecule has 2 aromatic carbocycles. The third-order valence-electron chi connectivity index (χ3n) is 6.77. The number of rotatable bonds is 7. The van der Waals surface area contributed by atoms with Crippen LogP contribution in [0.15, 0.2) is 63.1 Å². The molecule has 12 heteroatoms. The predicted molar refractivity (Wildman–Crippen MR) is 145 cm³/mol. The van der Waals surface area contributed by atoms with Gasteiger partial charge in [-0.2, -0.15) is 12.8 Å². The summed E-state index contributed by atoms with van der Waals surface area (Å²) in [6.45, 7) is 6.52. The lowest BCUT2D eigenvalue weighted by atomic mass is 9.84. The minimum atomic E-state index is -4.28. The summed E-state index contributed by atoms with van der Waals surface area (Å²) in [5.74, 6) is -2.13. The fourth-order valence-corrected chi connectivity index (χ4v) is 6.41. The number of aliphatic hydroxyl groups is 1. The van der Waals surface area contributed by atoms with E-state index >= 15 is 0 Å². The average Bonchev–Trinajstić information content (AvgIpc) is 3.27. The minimum Gasteiger partial charge on any atom is -0.509 e. The number of carbonyl (C=O) groups is 3. The van der Waals surface area contributed by atoms with Crippen molar-refractivity contribution in [3.8, 4) is 0 Å². The highest BCUT2D eigenvalue weighted by Gasteiger charge is 2.49. The van der Waals surface area contributed by atoms with E-state index in [0.29, 0.717) is 5.56 Å². The largest absolute Gasteiger partial charge is 0.509 e. The van der Waals surface area contributed by atoms with Gasteiger partial charge in [-0.25, -0.2) is 4.39 Å². The molecule has 40 heavy (non-hydrogen) atoms. The summed E-state index contributed by atoms with van der Waals surface area (Å²) in [6.07, 6.45) is 0. The van der Waals surface area contributed by atoms with E-state index in [9.17, 15) is 32.3 Å². The molecule has 2 aromatic rings. The molecule has 0 aromatic heterocycles. The monoisotopic (exact) mass is 570 g/mol. The number of halogens is 1. The molecule has 2 heterocycles. The molecule has 2 aliphatic heterocycles. The maximum Gasteiger partial charge on any atom is 0.283 e. The summed E-state index contributed by atoms with van der Waals surface area (Å²) in [4.78, 5) is 39.9. The van der Waals surface area contributed by atoms with E-state index in [2.05, 4.69) is 9.71 Å². The Hall–Kier alpha value is -4.06. The number of hydrogen-bond acceptors (Lipinski definition) is 6. The van der Waals surface area contributed by atoms with Crippen molar-refractivity contribution in [2.75, 3.05) is 13.6 Å². The van der Waals surface area contributed by atoms with Crippen LogP contribution in [0.2, 0.25) is 0 Å². The maximum absolute atomic E-state index is 13.8. The normalized spacial score (nSPS) is 18.1. The Morgan fingerprint density at radius 3 is 2.40 bits per heavy atom. The molecule has 0 fully saturated rings. The Kier molecular flexibility index (Phi) is 7.59. The van der Waals surface area contributed by atoms with Gasteiger partial charge in [0, 0.05) is 32.6 Å². The molecule has 3 amide bonds. The first-order chi connectivity index (χ1) is 18.6. The number of nitrogens with one attached hydrogen (secondary N) is 1. The lowest BCUT2D eigenvalue weighted by Crippen LogP contribution is -2.43. The summed E-state index contributed by atoms with van der Waals surface area (Å²) >= 11 is 0. The van der Waals surface area contributed by atoms with Gasteiger partial charge in [0.05, 0.1) is 12.6 Å². The number of fused-ring (bicyclic) bond motifs is 1. The number of sulfonamides is 1. The summed E-state index contributed by atoms with van der Waals surface area (Å²) in [6, 6.07) is 9.48. The number of nitrogens with zero attached hydrogens (tertiary/aromatic N) is 3. The van der Waals surface area contributed by atoms with Gasteiger partial charge in [-0.3, -0.25) is 14.4 Å². The van der Waals surface area contributed by atoms with E-state index in [1.165, 1.54) is 42.0 Å². The topological polar surface area (TPSA) is 136 Å². The molecule has 2 aliphatic rings. The molecule has 0 saturated carbocycles. The van der Waals surface area contributed by atoms with Crippen LogP contribution in [-0.4, -0.2) is 66.4 Å². The fraction of sp³-hybridized carbons (Fsp3) is 0.357. The smallest absolute Gasteiger partial charge is 0.283 e. The average molecular weight is 571 g/mol. The van der Waals surface area contributed by atoms with Crippen molar-refractivity contribution in [2.24, 2.45) is 9.81 Å². The van der Waals surface area contributed by atoms with Crippen molar-refractivity contribution in [1.82, 2.24) is 15.1 Å². The molecule has 212 valence electrons. The molecule has 0 radical (unpaired) electrons. The molecule has 0 aliphatic carbocycles. The van der Waals surface area contributed by atoms with E-state index in [1.807, 2.05) is 20.8 Å². The lowest BCUT2D eigenvalue weighted by molar-refractivity contribution is -0.131. The second kappa shape index (κ2) is 10.5. The maximum atomic E-state index is 13.8. The molecule has 0 bridgehead atoms. The van der Waals surface area contributed by atoms with Gasteiger partial charge < -0.3 is 20.2 Å². The van der Waals surface area contributed by atoms with Crippen LogP contribution in [0.3, 0.4) is 0 Å². The van der Waals surface area contributed by atoms with Crippen molar-refractivity contribution in [3.63, 3.8) is 0 Å². The van der Waals surface area contributed by atoms with E-state index in [0.717, 1.165) is 0 Å². The third-order valence-corrected chi connectivity index (χ3v) is 8.19. The third kappa shape index (κ3) is 5.48. The van der Waals surface area contributed by atoms with Crippen molar-refractivity contribution < 1.29 is 32.3 Å². The highest BCUT2D eigenvalue weighted by Crippen LogP contribution is 2.41. The van der Waals surface area contributed by atoms with Crippen molar-refractivity contribution in [2.45, 2.75) is 51.7 Å². The Labute approximate surface area is 232 Å². The molecule has 10 nitrogen and oxygen atoms in total. The second-order valence-electron chi connectivity index (χ2n) is 11.0. The van der Waals surface area contributed by atoms with Gasteiger partial charge in [-0.05, 0) is 28.7 Å². The second-order valence-corrected chi connectivity index (χ2v) is 12.5. The van der Waals surface area contributed by atoms with Crippen molar-refractivity contribution >= 4 is 33.5 Å². The summed E-state index contributed by atoms with van der Waals surface area (Å²) in [5.41, 5.74) is 0.0384. The van der Waals surface area contributed by atoms with Gasteiger partial charge >= 0.3 is 0 Å². The molecule has 0 unspecified atom stereocenters. The predicted octanol–water partition coefficient (Wildman–Crippen LogP) is 2.68. The molecular weight excluding hydrogens is 539 g/mol. The summed E-state index contributed by atoms with van der Waals surface area (Å²) in [5, 5.41) is 13.8. The Morgan fingerprint density at radius 1 is 1.15 bits per heavy atom. The van der Waals surface area contributed by atoms with Gasteiger partial charge in [0.2, 0.25) is 11.8 Å². The zero-order valence-corrected chi connectivity index (χ0v) is 23.7. The Morgan fingerprint density at radius 2 is 1.80 bits per heavy atom. The van der Waals surface area contributed by atoms with E-state index < -0.39 is 39.1 Å². The zero-order chi connectivity index (χ0) is 29.6. The van der Waals surface area contributed by atoms with E-state index in [4.69, 9.17) is 0 Å². The standard InChI is InChI=1S/C28H31FN4O6S/c1-16(34)30-13-21(35)32(5)15-18-7-6-8-20-23(31-40(38,39)25(18)20)22-24(36)26(28(2,3)4)33(27(22)37)14-17-9-11-19(29)12-10-17/h6-12,26,36H,13-15H2,1-5H3,(H,30,34)/t26-/m1/s1. The van der Waals surface area contributed by atoms with Crippen LogP contribution in [-0.2, 0) is 37.5 Å². The first-order valence-corrected chi connectivity index (χ1v) is 14.0. The number of benzene rings is 2. The van der Waals surface area contributed by atoms with E-state index in [1.54, 1.807) is 24.3 Å². The van der Waals surface area contributed by atoms with Gasteiger partial charge in [0.15, 0.2) is 0 Å². The van der Waals surface area contributed by atoms with Crippen molar-refractivity contribution in [1.29, 1.82) is 0 Å². The highest BCUT2D eigenvalue weighted by molar-refractivity contribution is 7.90. The van der Waals surface area contributed by atoms with Gasteiger partial charge in [-0.15, -0.1) is 0 Å². The summed E-state index contributed by atoms with van der Waals surface area (Å²) in [7, 11) is -2.80. The Balaban J connectivity index is 1.73. The van der Waals surface area contributed by atoms with Crippen LogP contribution in [0.25, 0.3) is 0 Å². The number of hydrogen-bond donors (Lipinski definition) is 2. The van der Waals surface area contributed by atoms with Gasteiger partial charge in [-0.1, -0.05) is 51.1 Å². The molecule has 1 atom stereocenters. The number of amides is 3. The van der Waals surface area contributed by atoms with Crippen LogP contribution in [0.5, 0.6) is 0 Å². The van der Waals surface area contributed by atoms with E-state index in [-0.39, 0.29) is 58.6 Å². The highest BCUT2D eigenvalue weighted by atomic mass is 32.2. The quantitative estimate of drug-likeness (QED) is 0.525. The van der Waals surface area contributed by atoms with Gasteiger partial charge in [0.25, 0.3) is 15.9 Å². The molecular formula is C28H31FN4O6S. The fourth-order valence-electron chi connectivity index (χ4n) is 4.98. The van der Waals surface area contributed by atoms with Gasteiger partial charge in [0.1, 0.15) is 27.8 Å². The van der Waals surface area contributed by atoms with Crippen LogP contribution in [0, 0.1) is 11.2 Å². The van der Waals surface area contributed by atoms with Crippen LogP contribution < -0.4 is 5.32 Å². The molecule has 0 saturated heterocycles. The summed E-state index contributed by atoms with van der Waals surface area (Å²) < 4.78 is 44.0. The number of aliphatic hydroxyl groups excluding tert-OH is 1. The SMILES string of the molecule is CC(=O)NCC(=O)N(C)Cc1cccc2c1S(=O)(=O)N=C2C1=C(O)[C@H](C(C)(C)C)N(Cc2ccc(F)cc2)C1=O. The lowest BCUT2D eigenvalue weighted by Gasteiger charge is -2.35. The number of likely N-dealkylation sites (N-methyl/N-ethyl adjacent to an activating group) is 1. The minimum absolute atomic E-state index is 0.0583. The van der Waals surface area contributed by atoms with Crippen LogP contribution in [0.4, 0.5) is 4.39 Å². The first-order valence-electron chi connectivity index (χ1n) is 12.6.